The van der Waals surface area contributed by atoms with Crippen molar-refractivity contribution in [3.8, 4) is 0 Å². The van der Waals surface area contributed by atoms with Crippen molar-refractivity contribution in [3.63, 3.8) is 0 Å². The van der Waals surface area contributed by atoms with E-state index in [1.54, 1.807) is 0 Å². The summed E-state index contributed by atoms with van der Waals surface area (Å²) in [4.78, 5) is 23.7. The van der Waals surface area contributed by atoms with Crippen LogP contribution in [0.5, 0.6) is 0 Å². The molecule has 0 radical (unpaired) electrons. The highest BCUT2D eigenvalue weighted by Crippen LogP contribution is 2.38. The first kappa shape index (κ1) is 19.0. The van der Waals surface area contributed by atoms with Crippen molar-refractivity contribution in [3.05, 3.63) is 0 Å². The summed E-state index contributed by atoms with van der Waals surface area (Å²) in [6.07, 6.45) is -1.05. The third-order valence-electron chi connectivity index (χ3n) is 5.20. The number of aliphatic carboxylic acids is 1. The highest BCUT2D eigenvalue weighted by atomic mass is 28.4. The van der Waals surface area contributed by atoms with Gasteiger partial charge in [0.1, 0.15) is 0 Å². The molecule has 0 aromatic carbocycles. The summed E-state index contributed by atoms with van der Waals surface area (Å²) >= 11 is 0. The van der Waals surface area contributed by atoms with Crippen LogP contribution in [0.4, 0.5) is 4.79 Å². The van der Waals surface area contributed by atoms with Crippen LogP contribution in [-0.4, -0.2) is 55.2 Å². The summed E-state index contributed by atoms with van der Waals surface area (Å²) in [6.45, 7) is 13.6. The lowest BCUT2D eigenvalue weighted by atomic mass is 9.85. The van der Waals surface area contributed by atoms with Gasteiger partial charge in [-0.05, 0) is 30.0 Å². The van der Waals surface area contributed by atoms with Crippen LogP contribution in [0.15, 0.2) is 0 Å². The lowest BCUT2D eigenvalue weighted by molar-refractivity contribution is -0.143. The van der Waals surface area contributed by atoms with Gasteiger partial charge >= 0.3 is 12.1 Å². The molecular weight excluding hydrogens is 302 g/mol. The predicted molar refractivity (Wildman–Crippen MR) is 86.5 cm³/mol. The van der Waals surface area contributed by atoms with Gasteiger partial charge in [0, 0.05) is 19.7 Å². The largest absolute Gasteiger partial charge is 0.481 e. The zero-order valence-electron chi connectivity index (χ0n) is 14.4. The van der Waals surface area contributed by atoms with E-state index in [1.807, 2.05) is 6.92 Å². The monoisotopic (exact) mass is 331 g/mol. The number of carboxylic acid groups (broad SMARTS) is 2. The van der Waals surface area contributed by atoms with E-state index in [9.17, 15) is 14.7 Å². The van der Waals surface area contributed by atoms with Crippen LogP contribution in [0.1, 0.15) is 27.7 Å². The molecule has 1 amide bonds. The molecular formula is C15H29NO5Si. The first-order chi connectivity index (χ1) is 9.86. The van der Waals surface area contributed by atoms with Crippen molar-refractivity contribution in [1.29, 1.82) is 0 Å². The number of carboxylic acids is 1. The summed E-state index contributed by atoms with van der Waals surface area (Å²) in [7, 11) is -1.88. The molecule has 1 rings (SSSR count). The van der Waals surface area contributed by atoms with Gasteiger partial charge in [0.15, 0.2) is 8.32 Å². The molecule has 0 saturated carbocycles. The summed E-state index contributed by atoms with van der Waals surface area (Å²) < 4.78 is 6.17. The van der Waals surface area contributed by atoms with Crippen molar-refractivity contribution >= 4 is 20.4 Å². The van der Waals surface area contributed by atoms with Crippen LogP contribution in [0.25, 0.3) is 0 Å². The molecule has 1 aliphatic heterocycles. The molecule has 2 N–H and O–H groups in total. The molecule has 7 heteroatoms. The fourth-order valence-electron chi connectivity index (χ4n) is 2.50. The predicted octanol–water partition coefficient (Wildman–Crippen LogP) is 2.95. The van der Waals surface area contributed by atoms with E-state index in [-0.39, 0.29) is 30.0 Å². The molecule has 0 spiro atoms. The lowest BCUT2D eigenvalue weighted by Gasteiger charge is -2.37. The Balaban J connectivity index is 2.73. The maximum Gasteiger partial charge on any atom is 0.407 e. The van der Waals surface area contributed by atoms with E-state index in [4.69, 9.17) is 9.53 Å². The van der Waals surface area contributed by atoms with Gasteiger partial charge in [-0.2, -0.15) is 0 Å². The molecule has 1 fully saturated rings. The van der Waals surface area contributed by atoms with Gasteiger partial charge in [-0.3, -0.25) is 4.79 Å². The molecule has 2 unspecified atom stereocenters. The van der Waals surface area contributed by atoms with Crippen LogP contribution in [0.2, 0.25) is 18.1 Å². The van der Waals surface area contributed by atoms with Crippen LogP contribution in [0, 0.1) is 17.8 Å². The van der Waals surface area contributed by atoms with Crippen molar-refractivity contribution in [1.82, 2.24) is 4.90 Å². The minimum atomic E-state index is -1.88. The maximum absolute atomic E-state index is 11.4. The lowest BCUT2D eigenvalue weighted by Crippen LogP contribution is -2.43. The Labute approximate surface area is 133 Å². The number of carbonyl (C=O) groups is 2. The molecule has 22 heavy (non-hydrogen) atoms. The Morgan fingerprint density at radius 3 is 2.23 bits per heavy atom. The Hall–Kier alpha value is -1.08. The summed E-state index contributed by atoms with van der Waals surface area (Å²) in [5.41, 5.74) is 0. The fourth-order valence-corrected chi connectivity index (χ4v) is 3.62. The van der Waals surface area contributed by atoms with Gasteiger partial charge in [0.2, 0.25) is 0 Å². The Kier molecular flexibility index (Phi) is 5.67. The molecule has 0 bridgehead atoms. The average Bonchev–Trinajstić information content (AvgIpc) is 2.79. The number of hydrogen-bond donors (Lipinski definition) is 2. The molecule has 6 nitrogen and oxygen atoms in total. The molecule has 0 aromatic heterocycles. The van der Waals surface area contributed by atoms with E-state index in [1.165, 1.54) is 4.90 Å². The Morgan fingerprint density at radius 2 is 1.82 bits per heavy atom. The van der Waals surface area contributed by atoms with E-state index in [2.05, 4.69) is 33.9 Å². The smallest absolute Gasteiger partial charge is 0.407 e. The minimum absolute atomic E-state index is 0.0135. The molecule has 1 aliphatic rings. The van der Waals surface area contributed by atoms with Crippen molar-refractivity contribution in [2.45, 2.75) is 45.8 Å². The molecule has 3 atom stereocenters. The van der Waals surface area contributed by atoms with Gasteiger partial charge < -0.3 is 19.5 Å². The Morgan fingerprint density at radius 1 is 1.27 bits per heavy atom. The van der Waals surface area contributed by atoms with Crippen LogP contribution >= 0.6 is 0 Å². The van der Waals surface area contributed by atoms with Gasteiger partial charge in [-0.15, -0.1) is 0 Å². The SMILES string of the molecule is C[C@@H](CO[Si](C)(C)C(C)(C)C)C1CN(C(=O)O)CC1C(=O)O. The Bertz CT molecular complexity index is 432. The number of hydrogen-bond acceptors (Lipinski definition) is 3. The van der Waals surface area contributed by atoms with E-state index < -0.39 is 26.3 Å². The second kappa shape index (κ2) is 6.58. The van der Waals surface area contributed by atoms with Gasteiger partial charge in [-0.25, -0.2) is 4.79 Å². The highest BCUT2D eigenvalue weighted by Gasteiger charge is 2.43. The van der Waals surface area contributed by atoms with Gasteiger partial charge in [0.25, 0.3) is 0 Å². The van der Waals surface area contributed by atoms with Crippen LogP contribution in [-0.2, 0) is 9.22 Å². The number of likely N-dealkylation sites (tertiary alicyclic amines) is 1. The molecule has 1 saturated heterocycles. The summed E-state index contributed by atoms with van der Waals surface area (Å²) in [5.74, 6) is -1.75. The number of rotatable bonds is 5. The molecule has 0 aliphatic carbocycles. The van der Waals surface area contributed by atoms with Crippen molar-refractivity contribution < 1.29 is 24.2 Å². The molecule has 0 aromatic rings. The molecule has 1 heterocycles. The van der Waals surface area contributed by atoms with E-state index in [0.717, 1.165) is 0 Å². The average molecular weight is 331 g/mol. The van der Waals surface area contributed by atoms with Crippen molar-refractivity contribution in [2.24, 2.45) is 17.8 Å². The number of amides is 1. The first-order valence-electron chi connectivity index (χ1n) is 7.71. The first-order valence-corrected chi connectivity index (χ1v) is 10.6. The maximum atomic E-state index is 11.4. The normalized spacial score (nSPS) is 24.4. The van der Waals surface area contributed by atoms with Crippen LogP contribution < -0.4 is 0 Å². The second-order valence-electron chi connectivity index (χ2n) is 7.84. The second-order valence-corrected chi connectivity index (χ2v) is 12.7. The third-order valence-corrected chi connectivity index (χ3v) is 9.70. The number of nitrogens with zero attached hydrogens (tertiary/aromatic N) is 1. The zero-order chi connectivity index (χ0) is 17.3. The molecule has 128 valence electrons. The topological polar surface area (TPSA) is 87.1 Å². The standard InChI is InChI=1S/C15H29NO5Si/c1-10(9-21-22(5,6)15(2,3)4)11-7-16(14(19)20)8-12(11)13(17)18/h10-12H,7-9H2,1-6H3,(H,17,18)(H,19,20)/t10-,11?,12?/m0/s1. The van der Waals surface area contributed by atoms with Crippen LogP contribution in [0.3, 0.4) is 0 Å². The zero-order valence-corrected chi connectivity index (χ0v) is 15.4. The minimum Gasteiger partial charge on any atom is -0.481 e. The van der Waals surface area contributed by atoms with Crippen molar-refractivity contribution in [2.75, 3.05) is 19.7 Å². The van der Waals surface area contributed by atoms with Gasteiger partial charge in [0.05, 0.1) is 5.92 Å². The van der Waals surface area contributed by atoms with Gasteiger partial charge in [-0.1, -0.05) is 27.7 Å². The third kappa shape index (κ3) is 4.22. The van der Waals surface area contributed by atoms with E-state index >= 15 is 0 Å². The summed E-state index contributed by atoms with van der Waals surface area (Å²) in [6, 6.07) is 0. The van der Waals surface area contributed by atoms with E-state index in [0.29, 0.717) is 6.61 Å². The fraction of sp³-hybridized carbons (Fsp3) is 0.867. The highest BCUT2D eigenvalue weighted by molar-refractivity contribution is 6.74. The quantitative estimate of drug-likeness (QED) is 0.756. The summed E-state index contributed by atoms with van der Waals surface area (Å²) in [5, 5.41) is 18.5.